The molecule has 0 heterocycles. The number of hydrogen-bond donors (Lipinski definition) is 3. The second kappa shape index (κ2) is 12.2. The molecule has 3 N–H and O–H groups in total. The summed E-state index contributed by atoms with van der Waals surface area (Å²) in [4.78, 5) is 52.0. The first-order valence-corrected chi connectivity index (χ1v) is 10.6. The summed E-state index contributed by atoms with van der Waals surface area (Å²) in [7, 11) is 2.30. The third-order valence-corrected chi connectivity index (χ3v) is 5.12. The molecule has 10 nitrogen and oxygen atoms in total. The van der Waals surface area contributed by atoms with E-state index in [0.29, 0.717) is 16.9 Å². The van der Waals surface area contributed by atoms with Crippen LogP contribution in [0.2, 0.25) is 0 Å². The summed E-state index contributed by atoms with van der Waals surface area (Å²) < 4.78 is 9.07. The van der Waals surface area contributed by atoms with Crippen LogP contribution >= 0.6 is 11.8 Å². The fourth-order valence-electron chi connectivity index (χ4n) is 2.43. The Morgan fingerprint density at radius 2 is 1.58 bits per heavy atom. The number of benzene rings is 2. The zero-order valence-electron chi connectivity index (χ0n) is 18.6. The molecule has 0 radical (unpaired) electrons. The summed E-state index contributed by atoms with van der Waals surface area (Å²) >= 11 is 1.41. The van der Waals surface area contributed by atoms with Gasteiger partial charge in [0.05, 0.1) is 25.6 Å². The van der Waals surface area contributed by atoms with Gasteiger partial charge >= 0.3 is 12.2 Å². The molecule has 2 rings (SSSR count). The van der Waals surface area contributed by atoms with Crippen molar-refractivity contribution in [1.29, 1.82) is 0 Å². The molecule has 0 aliphatic rings. The van der Waals surface area contributed by atoms with Gasteiger partial charge in [-0.15, -0.1) is 4.99 Å². The van der Waals surface area contributed by atoms with Gasteiger partial charge in [-0.05, 0) is 37.3 Å². The molecule has 0 aliphatic carbocycles. The van der Waals surface area contributed by atoms with Crippen LogP contribution < -0.4 is 16.0 Å². The molecule has 0 fully saturated rings. The summed E-state index contributed by atoms with van der Waals surface area (Å²) in [6, 6.07) is 12.3. The Hall–Kier alpha value is -3.86. The minimum Gasteiger partial charge on any atom is -0.453 e. The van der Waals surface area contributed by atoms with Crippen LogP contribution in [0.3, 0.4) is 0 Å². The maximum Gasteiger partial charge on any atom is 0.436 e. The van der Waals surface area contributed by atoms with E-state index in [1.165, 1.54) is 18.7 Å². The standard InChI is InChI=1S/C22H24N4O6S/c1-5-19(28)23-17-11-10-16(33-15-8-6-14(7-9-15)13(2)27)12-18(17)24-20(25-21(29)31-3)26-22(30)32-4/h6-12H,5H2,1-4H3,(H,23,28)(H2,24,25,26,29,30). The zero-order valence-corrected chi connectivity index (χ0v) is 19.4. The largest absolute Gasteiger partial charge is 0.453 e. The SMILES string of the molecule is CCC(=O)Nc1ccc(Sc2ccc(C(C)=O)cc2)cc1NC(=NC(=O)OC)NC(=O)OC. The molecule has 33 heavy (non-hydrogen) atoms. The van der Waals surface area contributed by atoms with Crippen LogP contribution in [0.1, 0.15) is 30.6 Å². The van der Waals surface area contributed by atoms with Gasteiger partial charge in [-0.25, -0.2) is 9.59 Å². The molecular formula is C22H24N4O6S. The predicted molar refractivity (Wildman–Crippen MR) is 125 cm³/mol. The number of anilines is 2. The van der Waals surface area contributed by atoms with Crippen LogP contribution in [0.15, 0.2) is 57.2 Å². The van der Waals surface area contributed by atoms with E-state index in [9.17, 15) is 19.2 Å². The van der Waals surface area contributed by atoms with Crippen LogP contribution in [0.5, 0.6) is 0 Å². The minimum atomic E-state index is -0.955. The van der Waals surface area contributed by atoms with Gasteiger partial charge in [-0.2, -0.15) is 0 Å². The summed E-state index contributed by atoms with van der Waals surface area (Å²) in [5.74, 6) is -0.510. The van der Waals surface area contributed by atoms with Crippen molar-refractivity contribution < 1.29 is 28.7 Å². The van der Waals surface area contributed by atoms with Crippen LogP contribution in [-0.4, -0.2) is 44.1 Å². The summed E-state index contributed by atoms with van der Waals surface area (Å²) in [5, 5.41) is 7.86. The number of carbonyl (C=O) groups is 4. The number of ketones is 1. The Balaban J connectivity index is 2.39. The Bertz CT molecular complexity index is 1070. The normalized spacial score (nSPS) is 10.7. The molecule has 0 spiro atoms. The average molecular weight is 473 g/mol. The number of ether oxygens (including phenoxy) is 2. The Labute approximate surface area is 195 Å². The van der Waals surface area contributed by atoms with Crippen molar-refractivity contribution in [1.82, 2.24) is 5.32 Å². The van der Waals surface area contributed by atoms with Crippen molar-refractivity contribution in [2.45, 2.75) is 30.1 Å². The first-order chi connectivity index (χ1) is 15.7. The summed E-state index contributed by atoms with van der Waals surface area (Å²) in [6.07, 6.45) is -1.56. The van der Waals surface area contributed by atoms with Gasteiger partial charge in [0.2, 0.25) is 11.9 Å². The second-order valence-electron chi connectivity index (χ2n) is 6.46. The zero-order chi connectivity index (χ0) is 24.4. The molecule has 0 unspecified atom stereocenters. The fourth-order valence-corrected chi connectivity index (χ4v) is 3.29. The fraction of sp³-hybridized carbons (Fsp3) is 0.227. The van der Waals surface area contributed by atoms with Crippen molar-refractivity contribution in [2.75, 3.05) is 24.9 Å². The lowest BCUT2D eigenvalue weighted by Gasteiger charge is -2.16. The number of nitrogens with zero attached hydrogens (tertiary/aromatic N) is 1. The highest BCUT2D eigenvalue weighted by Crippen LogP contribution is 2.33. The molecule has 0 saturated carbocycles. The molecule has 11 heteroatoms. The number of carbonyl (C=O) groups excluding carboxylic acids is 4. The second-order valence-corrected chi connectivity index (χ2v) is 7.61. The lowest BCUT2D eigenvalue weighted by molar-refractivity contribution is -0.115. The van der Waals surface area contributed by atoms with Gasteiger partial charge < -0.3 is 20.1 Å². The van der Waals surface area contributed by atoms with Crippen LogP contribution in [0, 0.1) is 0 Å². The van der Waals surface area contributed by atoms with Crippen molar-refractivity contribution in [3.8, 4) is 0 Å². The molecule has 0 aromatic heterocycles. The topological polar surface area (TPSA) is 135 Å². The van der Waals surface area contributed by atoms with E-state index in [-0.39, 0.29) is 24.1 Å². The smallest absolute Gasteiger partial charge is 0.436 e. The number of Topliss-reactive ketones (excluding diaryl/α,β-unsaturated/α-hetero) is 1. The summed E-state index contributed by atoms with van der Waals surface area (Å²) in [5.41, 5.74) is 1.38. The van der Waals surface area contributed by atoms with Gasteiger partial charge in [-0.3, -0.25) is 14.9 Å². The van der Waals surface area contributed by atoms with E-state index < -0.39 is 12.2 Å². The number of rotatable bonds is 6. The van der Waals surface area contributed by atoms with E-state index in [2.05, 4.69) is 30.4 Å². The van der Waals surface area contributed by atoms with E-state index in [1.54, 1.807) is 37.3 Å². The summed E-state index contributed by atoms with van der Waals surface area (Å²) in [6.45, 7) is 3.21. The maximum absolute atomic E-state index is 12.0. The highest BCUT2D eigenvalue weighted by atomic mass is 32.2. The lowest BCUT2D eigenvalue weighted by Crippen LogP contribution is -2.36. The number of amides is 3. The third-order valence-electron chi connectivity index (χ3n) is 4.12. The Kier molecular flexibility index (Phi) is 9.43. The van der Waals surface area contributed by atoms with Gasteiger partial charge in [0.1, 0.15) is 0 Å². The minimum absolute atomic E-state index is 0.0235. The number of aliphatic imine (C=N–C) groups is 1. The van der Waals surface area contributed by atoms with E-state index in [4.69, 9.17) is 0 Å². The quantitative estimate of drug-likeness (QED) is 0.322. The first kappa shape index (κ1) is 25.4. The monoisotopic (exact) mass is 472 g/mol. The van der Waals surface area contributed by atoms with Gasteiger partial charge in [0, 0.05) is 21.8 Å². The van der Waals surface area contributed by atoms with E-state index >= 15 is 0 Å². The number of alkyl carbamates (subject to hydrolysis) is 1. The predicted octanol–water partition coefficient (Wildman–Crippen LogP) is 4.28. The van der Waals surface area contributed by atoms with Gasteiger partial charge in [0.15, 0.2) is 5.78 Å². The number of guanidine groups is 1. The van der Waals surface area contributed by atoms with Gasteiger partial charge in [-0.1, -0.05) is 30.8 Å². The molecule has 0 bridgehead atoms. The molecule has 2 aromatic carbocycles. The number of nitrogens with one attached hydrogen (secondary N) is 3. The Morgan fingerprint density at radius 3 is 2.15 bits per heavy atom. The van der Waals surface area contributed by atoms with E-state index in [0.717, 1.165) is 24.0 Å². The molecule has 0 atom stereocenters. The van der Waals surface area contributed by atoms with Crippen LogP contribution in [0.4, 0.5) is 21.0 Å². The molecule has 174 valence electrons. The lowest BCUT2D eigenvalue weighted by atomic mass is 10.2. The Morgan fingerprint density at radius 1 is 0.909 bits per heavy atom. The van der Waals surface area contributed by atoms with Gasteiger partial charge in [0.25, 0.3) is 0 Å². The van der Waals surface area contributed by atoms with Crippen LogP contribution in [-0.2, 0) is 14.3 Å². The molecule has 2 aromatic rings. The first-order valence-electron chi connectivity index (χ1n) is 9.77. The van der Waals surface area contributed by atoms with E-state index in [1.807, 2.05) is 12.1 Å². The third kappa shape index (κ3) is 7.96. The maximum atomic E-state index is 12.0. The molecule has 3 amide bonds. The highest BCUT2D eigenvalue weighted by Gasteiger charge is 2.14. The van der Waals surface area contributed by atoms with Crippen molar-refractivity contribution >= 4 is 53.0 Å². The average Bonchev–Trinajstić information content (AvgIpc) is 2.80. The highest BCUT2D eigenvalue weighted by molar-refractivity contribution is 7.99. The molecule has 0 aliphatic heterocycles. The number of hydrogen-bond acceptors (Lipinski definition) is 7. The number of methoxy groups -OCH3 is 2. The van der Waals surface area contributed by atoms with Crippen LogP contribution in [0.25, 0.3) is 0 Å². The van der Waals surface area contributed by atoms with Crippen molar-refractivity contribution in [3.63, 3.8) is 0 Å². The molecular weight excluding hydrogens is 448 g/mol. The molecule has 0 saturated heterocycles. The van der Waals surface area contributed by atoms with Crippen molar-refractivity contribution in [2.24, 2.45) is 4.99 Å². The van der Waals surface area contributed by atoms with Crippen molar-refractivity contribution in [3.05, 3.63) is 48.0 Å².